The van der Waals surface area contributed by atoms with E-state index in [0.717, 1.165) is 28.8 Å². The Labute approximate surface area is 101 Å². The third kappa shape index (κ3) is 1.74. The van der Waals surface area contributed by atoms with E-state index in [1.165, 1.54) is 19.3 Å². The summed E-state index contributed by atoms with van der Waals surface area (Å²) in [4.78, 5) is 4.00. The first-order chi connectivity index (χ1) is 7.72. The van der Waals surface area contributed by atoms with Gasteiger partial charge >= 0.3 is 0 Å². The molecular formula is C13H16ClNO. The lowest BCUT2D eigenvalue weighted by Crippen LogP contribution is -2.26. The van der Waals surface area contributed by atoms with Gasteiger partial charge in [-0.1, -0.05) is 11.6 Å². The maximum Gasteiger partial charge on any atom is 0.0621 e. The third-order valence-corrected chi connectivity index (χ3v) is 4.56. The summed E-state index contributed by atoms with van der Waals surface area (Å²) in [5.41, 5.74) is 1.23. The topological polar surface area (TPSA) is 33.1 Å². The van der Waals surface area contributed by atoms with Crippen molar-refractivity contribution in [1.82, 2.24) is 4.98 Å². The van der Waals surface area contributed by atoms with Crippen molar-refractivity contribution in [1.29, 1.82) is 0 Å². The van der Waals surface area contributed by atoms with Gasteiger partial charge in [0.05, 0.1) is 5.02 Å². The summed E-state index contributed by atoms with van der Waals surface area (Å²) in [7, 11) is 0. The van der Waals surface area contributed by atoms with E-state index >= 15 is 0 Å². The first-order valence-corrected chi connectivity index (χ1v) is 6.29. The van der Waals surface area contributed by atoms with Gasteiger partial charge in [0.2, 0.25) is 0 Å². The number of aromatic nitrogens is 1. The molecule has 2 nitrogen and oxygen atoms in total. The first kappa shape index (κ1) is 10.5. The number of fused-ring (bicyclic) bond motifs is 1. The predicted octanol–water partition coefficient (Wildman–Crippen LogP) is 2.69. The first-order valence-electron chi connectivity index (χ1n) is 5.92. The highest BCUT2D eigenvalue weighted by Crippen LogP contribution is 2.60. The van der Waals surface area contributed by atoms with Crippen LogP contribution in [0.3, 0.4) is 0 Å². The van der Waals surface area contributed by atoms with Crippen LogP contribution >= 0.6 is 11.6 Å². The van der Waals surface area contributed by atoms with Crippen molar-refractivity contribution >= 4 is 11.6 Å². The van der Waals surface area contributed by atoms with Crippen molar-refractivity contribution in [3.8, 4) is 0 Å². The van der Waals surface area contributed by atoms with E-state index in [1.807, 2.05) is 6.07 Å². The molecule has 0 aromatic carbocycles. The molecule has 2 fully saturated rings. The molecule has 2 atom stereocenters. The van der Waals surface area contributed by atoms with E-state index in [4.69, 9.17) is 11.6 Å². The van der Waals surface area contributed by atoms with Gasteiger partial charge in [-0.05, 0) is 54.6 Å². The Morgan fingerprint density at radius 3 is 2.81 bits per heavy atom. The quantitative estimate of drug-likeness (QED) is 0.877. The van der Waals surface area contributed by atoms with Gasteiger partial charge in [-0.25, -0.2) is 0 Å². The van der Waals surface area contributed by atoms with E-state index < -0.39 is 0 Å². The Bertz CT molecular complexity index is 397. The molecule has 3 rings (SSSR count). The lowest BCUT2D eigenvalue weighted by Gasteiger charge is -2.29. The second-order valence-corrected chi connectivity index (χ2v) is 5.87. The zero-order valence-corrected chi connectivity index (χ0v) is 9.95. The molecule has 2 aliphatic carbocycles. The van der Waals surface area contributed by atoms with Gasteiger partial charge in [0, 0.05) is 19.0 Å². The number of pyridine rings is 1. The summed E-state index contributed by atoms with van der Waals surface area (Å²) >= 11 is 6.13. The fraction of sp³-hybridized carbons (Fsp3) is 0.615. The van der Waals surface area contributed by atoms with E-state index in [0.29, 0.717) is 6.61 Å². The van der Waals surface area contributed by atoms with E-state index in [2.05, 4.69) is 4.98 Å². The maximum atomic E-state index is 9.65. The number of nitrogens with zero attached hydrogens (tertiary/aromatic N) is 1. The number of halogens is 1. The fourth-order valence-electron chi connectivity index (χ4n) is 3.29. The molecule has 0 spiro atoms. The summed E-state index contributed by atoms with van der Waals surface area (Å²) in [5.74, 6) is 1.76. The molecular weight excluding hydrogens is 222 g/mol. The van der Waals surface area contributed by atoms with Crippen LogP contribution in [0, 0.1) is 17.3 Å². The lowest BCUT2D eigenvalue weighted by atomic mass is 9.78. The Morgan fingerprint density at radius 1 is 1.44 bits per heavy atom. The Kier molecular flexibility index (Phi) is 2.45. The Balaban J connectivity index is 1.80. The summed E-state index contributed by atoms with van der Waals surface area (Å²) < 4.78 is 0. The average molecular weight is 238 g/mol. The van der Waals surface area contributed by atoms with Crippen LogP contribution in [0.5, 0.6) is 0 Å². The van der Waals surface area contributed by atoms with Crippen LogP contribution < -0.4 is 0 Å². The van der Waals surface area contributed by atoms with Gasteiger partial charge in [0.1, 0.15) is 0 Å². The normalized spacial score (nSPS) is 36.1. The fourth-order valence-corrected chi connectivity index (χ4v) is 3.47. The van der Waals surface area contributed by atoms with Crippen LogP contribution in [0.4, 0.5) is 0 Å². The van der Waals surface area contributed by atoms with Crippen molar-refractivity contribution < 1.29 is 5.11 Å². The standard InChI is InChI=1S/C13H16ClNO/c14-12-7-15-2-1-9(12)4-13(8-16)5-10-3-11(10)6-13/h1-2,7,10-11,16H,3-6,8H2. The molecule has 0 bridgehead atoms. The molecule has 1 aromatic heterocycles. The molecule has 16 heavy (non-hydrogen) atoms. The SMILES string of the molecule is OCC1(Cc2ccncc2Cl)CC2CC2C1. The molecule has 1 aromatic rings. The molecule has 0 radical (unpaired) electrons. The highest BCUT2D eigenvalue weighted by atomic mass is 35.5. The molecule has 2 aliphatic rings. The monoisotopic (exact) mass is 237 g/mol. The minimum absolute atomic E-state index is 0.0958. The molecule has 1 heterocycles. The minimum Gasteiger partial charge on any atom is -0.396 e. The number of hydrogen-bond donors (Lipinski definition) is 1. The van der Waals surface area contributed by atoms with Crippen LogP contribution in [0.25, 0.3) is 0 Å². The van der Waals surface area contributed by atoms with Gasteiger partial charge in [-0.3, -0.25) is 4.98 Å². The lowest BCUT2D eigenvalue weighted by molar-refractivity contribution is 0.117. The molecule has 0 aliphatic heterocycles. The van der Waals surface area contributed by atoms with Crippen molar-refractivity contribution in [3.05, 3.63) is 29.0 Å². The molecule has 2 saturated carbocycles. The summed E-state index contributed by atoms with van der Waals surface area (Å²) in [5, 5.41) is 10.4. The van der Waals surface area contributed by atoms with E-state index in [-0.39, 0.29) is 5.41 Å². The number of rotatable bonds is 3. The molecule has 2 unspecified atom stereocenters. The Morgan fingerprint density at radius 2 is 2.19 bits per heavy atom. The number of hydrogen-bond acceptors (Lipinski definition) is 2. The molecule has 3 heteroatoms. The van der Waals surface area contributed by atoms with Gasteiger partial charge in [0.15, 0.2) is 0 Å². The predicted molar refractivity (Wildman–Crippen MR) is 63.3 cm³/mol. The smallest absolute Gasteiger partial charge is 0.0621 e. The molecule has 0 saturated heterocycles. The number of aliphatic hydroxyl groups excluding tert-OH is 1. The molecule has 1 N–H and O–H groups in total. The molecule has 86 valence electrons. The second-order valence-electron chi connectivity index (χ2n) is 5.47. The van der Waals surface area contributed by atoms with Gasteiger partial charge < -0.3 is 5.11 Å². The van der Waals surface area contributed by atoms with Gasteiger partial charge in [0.25, 0.3) is 0 Å². The summed E-state index contributed by atoms with van der Waals surface area (Å²) in [6, 6.07) is 1.98. The van der Waals surface area contributed by atoms with Gasteiger partial charge in [-0.2, -0.15) is 0 Å². The summed E-state index contributed by atoms with van der Waals surface area (Å²) in [6.45, 7) is 0.290. The van der Waals surface area contributed by atoms with Crippen LogP contribution in [0.2, 0.25) is 5.02 Å². The largest absolute Gasteiger partial charge is 0.396 e. The average Bonchev–Trinajstić information content (AvgIpc) is 2.91. The van der Waals surface area contributed by atoms with E-state index in [9.17, 15) is 5.11 Å². The zero-order valence-electron chi connectivity index (χ0n) is 9.19. The highest BCUT2D eigenvalue weighted by molar-refractivity contribution is 6.31. The minimum atomic E-state index is 0.0958. The van der Waals surface area contributed by atoms with Crippen molar-refractivity contribution in [3.63, 3.8) is 0 Å². The zero-order chi connectivity index (χ0) is 11.2. The maximum absolute atomic E-state index is 9.65. The van der Waals surface area contributed by atoms with Crippen LogP contribution in [0.1, 0.15) is 24.8 Å². The molecule has 0 amide bonds. The van der Waals surface area contributed by atoms with Crippen molar-refractivity contribution in [2.45, 2.75) is 25.7 Å². The van der Waals surface area contributed by atoms with Crippen molar-refractivity contribution in [2.24, 2.45) is 17.3 Å². The van der Waals surface area contributed by atoms with Crippen molar-refractivity contribution in [2.75, 3.05) is 6.61 Å². The number of aliphatic hydroxyl groups is 1. The van der Waals surface area contributed by atoms with Gasteiger partial charge in [-0.15, -0.1) is 0 Å². The van der Waals surface area contributed by atoms with Crippen LogP contribution in [-0.4, -0.2) is 16.7 Å². The third-order valence-electron chi connectivity index (χ3n) is 4.22. The van der Waals surface area contributed by atoms with Crippen LogP contribution in [0.15, 0.2) is 18.5 Å². The Hall–Kier alpha value is -0.600. The highest BCUT2D eigenvalue weighted by Gasteiger charge is 2.53. The second kappa shape index (κ2) is 3.71. The van der Waals surface area contributed by atoms with E-state index in [1.54, 1.807) is 12.4 Å². The summed E-state index contributed by atoms with van der Waals surface area (Å²) in [6.07, 6.45) is 8.10. The van der Waals surface area contributed by atoms with Crippen LogP contribution in [-0.2, 0) is 6.42 Å².